The summed E-state index contributed by atoms with van der Waals surface area (Å²) in [7, 11) is 0. The van der Waals surface area contributed by atoms with Crippen molar-refractivity contribution in [1.29, 1.82) is 0 Å². The maximum absolute atomic E-state index is 12.6. The maximum atomic E-state index is 12.6. The maximum Gasteiger partial charge on any atom is 0.449 e. The van der Waals surface area contributed by atoms with Crippen molar-refractivity contribution in [1.82, 2.24) is 14.5 Å². The number of benzene rings is 1. The van der Waals surface area contributed by atoms with E-state index in [0.29, 0.717) is 11.6 Å². The molecular formula is C21H16F3N3O3. The van der Waals surface area contributed by atoms with Crippen LogP contribution < -0.4 is 10.3 Å². The van der Waals surface area contributed by atoms with Gasteiger partial charge in [0.05, 0.1) is 16.7 Å². The third-order valence-electron chi connectivity index (χ3n) is 4.94. The van der Waals surface area contributed by atoms with Gasteiger partial charge in [0.25, 0.3) is 5.56 Å². The number of imidazole rings is 1. The molecule has 9 heteroatoms. The fourth-order valence-corrected chi connectivity index (χ4v) is 3.24. The van der Waals surface area contributed by atoms with Crippen molar-refractivity contribution in [3.8, 4) is 11.4 Å². The van der Waals surface area contributed by atoms with Crippen LogP contribution in [0.15, 0.2) is 57.9 Å². The Morgan fingerprint density at radius 1 is 1.17 bits per heavy atom. The summed E-state index contributed by atoms with van der Waals surface area (Å²) in [6.07, 6.45) is -0.708. The van der Waals surface area contributed by atoms with Gasteiger partial charge in [-0.15, -0.1) is 0 Å². The summed E-state index contributed by atoms with van der Waals surface area (Å²) in [4.78, 5) is 20.4. The van der Waals surface area contributed by atoms with Crippen LogP contribution in [-0.2, 0) is 12.8 Å². The van der Waals surface area contributed by atoms with Gasteiger partial charge in [0.1, 0.15) is 23.9 Å². The SMILES string of the molecule is O=c1cc(OCc2ccc(C(F)(F)F)o2)ccn1-c1ccc2nc(C3CC3)[nH]c2c1. The van der Waals surface area contributed by atoms with Crippen molar-refractivity contribution in [3.63, 3.8) is 0 Å². The van der Waals surface area contributed by atoms with E-state index in [1.165, 1.54) is 16.7 Å². The van der Waals surface area contributed by atoms with Gasteiger partial charge in [-0.2, -0.15) is 13.2 Å². The molecule has 4 aromatic rings. The Morgan fingerprint density at radius 2 is 2.00 bits per heavy atom. The van der Waals surface area contributed by atoms with E-state index in [-0.39, 0.29) is 23.7 Å². The molecule has 0 bridgehead atoms. The van der Waals surface area contributed by atoms with E-state index in [0.717, 1.165) is 35.8 Å². The Bertz CT molecular complexity index is 1280. The van der Waals surface area contributed by atoms with Crippen molar-refractivity contribution in [2.75, 3.05) is 0 Å². The second-order valence-corrected chi connectivity index (χ2v) is 7.22. The third kappa shape index (κ3) is 3.58. The van der Waals surface area contributed by atoms with Gasteiger partial charge in [-0.1, -0.05) is 0 Å². The quantitative estimate of drug-likeness (QED) is 0.509. The van der Waals surface area contributed by atoms with Gasteiger partial charge < -0.3 is 14.1 Å². The standard InChI is InChI=1S/C21H16F3N3O3/c22-21(23,24)18-6-4-15(30-18)11-29-14-7-8-27(19(28)10-14)13-3-5-16-17(9-13)26-20(25-16)12-1-2-12/h3-10,12H,1-2,11H2,(H,25,26). The van der Waals surface area contributed by atoms with Gasteiger partial charge in [-0.3, -0.25) is 9.36 Å². The van der Waals surface area contributed by atoms with Crippen molar-refractivity contribution < 1.29 is 22.3 Å². The average Bonchev–Trinajstić information content (AvgIpc) is 3.27. The zero-order valence-corrected chi connectivity index (χ0v) is 15.6. The fraction of sp³-hybridized carbons (Fsp3) is 0.238. The van der Waals surface area contributed by atoms with Crippen LogP contribution in [0.25, 0.3) is 16.7 Å². The molecule has 0 atom stereocenters. The molecule has 3 aromatic heterocycles. The van der Waals surface area contributed by atoms with E-state index in [1.807, 2.05) is 18.2 Å². The molecule has 1 aliphatic carbocycles. The molecule has 1 fully saturated rings. The highest BCUT2D eigenvalue weighted by molar-refractivity contribution is 5.77. The number of aromatic nitrogens is 3. The molecule has 0 saturated heterocycles. The molecule has 0 radical (unpaired) electrons. The van der Waals surface area contributed by atoms with E-state index in [2.05, 4.69) is 9.97 Å². The van der Waals surface area contributed by atoms with Gasteiger partial charge in [0.15, 0.2) is 0 Å². The molecular weight excluding hydrogens is 399 g/mol. The van der Waals surface area contributed by atoms with E-state index in [9.17, 15) is 18.0 Å². The number of furan rings is 1. The molecule has 0 spiro atoms. The molecule has 0 unspecified atom stereocenters. The highest BCUT2D eigenvalue weighted by Crippen LogP contribution is 2.39. The van der Waals surface area contributed by atoms with Crippen LogP contribution in [0.5, 0.6) is 5.75 Å². The van der Waals surface area contributed by atoms with Crippen LogP contribution in [0.1, 0.15) is 36.1 Å². The zero-order valence-electron chi connectivity index (χ0n) is 15.6. The number of nitrogens with zero attached hydrogens (tertiary/aromatic N) is 2. The third-order valence-corrected chi connectivity index (χ3v) is 4.94. The molecule has 1 N–H and O–H groups in total. The van der Waals surface area contributed by atoms with Gasteiger partial charge in [-0.05, 0) is 49.2 Å². The van der Waals surface area contributed by atoms with E-state index in [1.54, 1.807) is 12.3 Å². The fourth-order valence-electron chi connectivity index (χ4n) is 3.24. The van der Waals surface area contributed by atoms with Gasteiger partial charge in [0.2, 0.25) is 5.76 Å². The molecule has 1 aliphatic rings. The highest BCUT2D eigenvalue weighted by atomic mass is 19.4. The molecule has 30 heavy (non-hydrogen) atoms. The largest absolute Gasteiger partial charge is 0.485 e. The van der Waals surface area contributed by atoms with E-state index < -0.39 is 11.9 Å². The van der Waals surface area contributed by atoms with Crippen LogP contribution >= 0.6 is 0 Å². The summed E-state index contributed by atoms with van der Waals surface area (Å²) in [6, 6.07) is 10.4. The first-order valence-corrected chi connectivity index (χ1v) is 9.38. The topological polar surface area (TPSA) is 73.0 Å². The molecule has 1 saturated carbocycles. The minimum absolute atomic E-state index is 0.0164. The zero-order chi connectivity index (χ0) is 20.9. The van der Waals surface area contributed by atoms with E-state index in [4.69, 9.17) is 9.15 Å². The molecule has 6 nitrogen and oxygen atoms in total. The van der Waals surface area contributed by atoms with Gasteiger partial charge in [0, 0.05) is 18.2 Å². The summed E-state index contributed by atoms with van der Waals surface area (Å²) in [5.41, 5.74) is 2.06. The predicted octanol–water partition coefficient (Wildman–Crippen LogP) is 4.78. The molecule has 1 aromatic carbocycles. The summed E-state index contributed by atoms with van der Waals surface area (Å²) >= 11 is 0. The smallest absolute Gasteiger partial charge is 0.449 e. The number of aromatic amines is 1. The van der Waals surface area contributed by atoms with Gasteiger partial charge >= 0.3 is 6.18 Å². The van der Waals surface area contributed by atoms with Crippen molar-refractivity contribution >= 4 is 11.0 Å². The number of rotatable bonds is 5. The number of ether oxygens (including phenoxy) is 1. The number of H-pyrrole nitrogens is 1. The number of nitrogens with one attached hydrogen (secondary N) is 1. The van der Waals surface area contributed by atoms with Crippen LogP contribution in [0, 0.1) is 0 Å². The summed E-state index contributed by atoms with van der Waals surface area (Å²) < 4.78 is 49.3. The number of halogens is 3. The van der Waals surface area contributed by atoms with Crippen molar-refractivity contribution in [3.05, 3.63) is 76.4 Å². The van der Waals surface area contributed by atoms with E-state index >= 15 is 0 Å². The van der Waals surface area contributed by atoms with Crippen LogP contribution in [-0.4, -0.2) is 14.5 Å². The lowest BCUT2D eigenvalue weighted by atomic mass is 10.2. The lowest BCUT2D eigenvalue weighted by Crippen LogP contribution is -2.16. The number of hydrogen-bond acceptors (Lipinski definition) is 4. The summed E-state index contributed by atoms with van der Waals surface area (Å²) in [5, 5.41) is 0. The number of alkyl halides is 3. The Labute approximate surface area is 167 Å². The number of pyridine rings is 1. The first kappa shape index (κ1) is 18.5. The lowest BCUT2D eigenvalue weighted by molar-refractivity contribution is -0.153. The lowest BCUT2D eigenvalue weighted by Gasteiger charge is -2.08. The number of hydrogen-bond donors (Lipinski definition) is 1. The Hall–Kier alpha value is -3.49. The van der Waals surface area contributed by atoms with Crippen molar-refractivity contribution in [2.24, 2.45) is 0 Å². The Morgan fingerprint density at radius 3 is 2.70 bits per heavy atom. The predicted molar refractivity (Wildman–Crippen MR) is 102 cm³/mol. The Balaban J connectivity index is 1.33. The second-order valence-electron chi connectivity index (χ2n) is 7.22. The molecule has 0 aliphatic heterocycles. The molecule has 154 valence electrons. The van der Waals surface area contributed by atoms with Crippen LogP contribution in [0.2, 0.25) is 0 Å². The summed E-state index contributed by atoms with van der Waals surface area (Å²) in [5.74, 6) is 0.643. The molecule has 0 amide bonds. The normalized spacial score (nSPS) is 14.4. The monoisotopic (exact) mass is 415 g/mol. The van der Waals surface area contributed by atoms with Gasteiger partial charge in [-0.25, -0.2) is 4.98 Å². The van der Waals surface area contributed by atoms with Crippen molar-refractivity contribution in [2.45, 2.75) is 31.5 Å². The second kappa shape index (κ2) is 6.79. The molecule has 5 rings (SSSR count). The van der Waals surface area contributed by atoms with Crippen LogP contribution in [0.3, 0.4) is 0 Å². The first-order chi connectivity index (χ1) is 14.4. The summed E-state index contributed by atoms with van der Waals surface area (Å²) in [6.45, 7) is -0.219. The first-order valence-electron chi connectivity index (χ1n) is 9.38. The molecule has 3 heterocycles. The minimum Gasteiger partial charge on any atom is -0.485 e. The van der Waals surface area contributed by atoms with Crippen LogP contribution in [0.4, 0.5) is 13.2 Å². The average molecular weight is 415 g/mol. The highest BCUT2D eigenvalue weighted by Gasteiger charge is 2.34. The minimum atomic E-state index is -4.55. The Kier molecular flexibility index (Phi) is 4.19. The number of fused-ring (bicyclic) bond motifs is 1.